The van der Waals surface area contributed by atoms with Crippen molar-refractivity contribution in [3.8, 4) is 17.2 Å². The van der Waals surface area contributed by atoms with E-state index in [1.807, 2.05) is 36.4 Å². The van der Waals surface area contributed by atoms with E-state index in [2.05, 4.69) is 26.7 Å². The number of benzene rings is 2. The maximum atomic E-state index is 12.0. The number of nitrogens with one attached hydrogen (secondary N) is 2. The minimum Gasteiger partial charge on any atom is -0.363 e. The van der Waals surface area contributed by atoms with Gasteiger partial charge in [-0.25, -0.2) is 9.97 Å². The van der Waals surface area contributed by atoms with Crippen LogP contribution < -0.4 is 22.1 Å². The first-order valence-electron chi connectivity index (χ1n) is 13.2. The molecule has 4 aromatic rings. The molecule has 2 aliphatic rings. The molecule has 208 valence electrons. The lowest BCUT2D eigenvalue weighted by molar-refractivity contribution is 0.0979. The Kier molecular flexibility index (Phi) is 6.62. The molecule has 2 aromatic heterocycles. The summed E-state index contributed by atoms with van der Waals surface area (Å²) in [7, 11) is 3.57. The molecular weight excluding hydrogens is 542 g/mol. The number of primary amides is 2. The first-order valence-corrected chi connectivity index (χ1v) is 13.6. The van der Waals surface area contributed by atoms with Crippen molar-refractivity contribution in [1.82, 2.24) is 29.7 Å². The number of aromatic nitrogens is 4. The molecule has 0 aliphatic carbocycles. The number of carbonyl (C=O) groups excluding carboxylic acids is 2. The van der Waals surface area contributed by atoms with Crippen LogP contribution >= 0.6 is 11.6 Å². The molecule has 41 heavy (non-hydrogen) atoms. The summed E-state index contributed by atoms with van der Waals surface area (Å²) in [6.07, 6.45) is 1.38. The summed E-state index contributed by atoms with van der Waals surface area (Å²) >= 11 is 7.10. The lowest BCUT2D eigenvalue weighted by Gasteiger charge is -2.27. The largest absolute Gasteiger partial charge is 0.363 e. The summed E-state index contributed by atoms with van der Waals surface area (Å²) in [6, 6.07) is 13.0. The van der Waals surface area contributed by atoms with Crippen LogP contribution in [0, 0.1) is 11.3 Å². The summed E-state index contributed by atoms with van der Waals surface area (Å²) in [4.78, 5) is 33.1. The predicted molar refractivity (Wildman–Crippen MR) is 152 cm³/mol. The predicted octanol–water partition coefficient (Wildman–Crippen LogP) is 2.01. The zero-order valence-electron chi connectivity index (χ0n) is 22.5. The Balaban J connectivity index is 1.46. The summed E-state index contributed by atoms with van der Waals surface area (Å²) in [6.45, 7) is 1.32. The average molecular weight is 570 g/mol. The van der Waals surface area contributed by atoms with Gasteiger partial charge in [-0.05, 0) is 11.1 Å². The minimum atomic E-state index is -0.603. The van der Waals surface area contributed by atoms with Gasteiger partial charge in [-0.1, -0.05) is 48.0 Å². The molecule has 2 aliphatic heterocycles. The number of carbonyl (C=O) groups is 2. The van der Waals surface area contributed by atoms with Gasteiger partial charge in [-0.2, -0.15) is 5.26 Å². The van der Waals surface area contributed by atoms with Crippen molar-refractivity contribution >= 4 is 23.4 Å². The molecule has 0 fully saturated rings. The van der Waals surface area contributed by atoms with Crippen molar-refractivity contribution in [2.45, 2.75) is 24.9 Å². The first kappa shape index (κ1) is 26.7. The average Bonchev–Trinajstić information content (AvgIpc) is 3.50. The van der Waals surface area contributed by atoms with Gasteiger partial charge in [0.15, 0.2) is 11.6 Å². The summed E-state index contributed by atoms with van der Waals surface area (Å²) in [5.74, 6) is -0.813. The third-order valence-corrected chi connectivity index (χ3v) is 8.47. The lowest BCUT2D eigenvalue weighted by Crippen LogP contribution is -2.32. The topological polar surface area (TPSA) is 170 Å². The van der Waals surface area contributed by atoms with E-state index in [1.54, 1.807) is 23.2 Å². The molecule has 0 bridgehead atoms. The zero-order chi connectivity index (χ0) is 29.0. The van der Waals surface area contributed by atoms with Crippen LogP contribution in [0.25, 0.3) is 11.1 Å². The molecule has 0 spiro atoms. The highest BCUT2D eigenvalue weighted by Gasteiger charge is 2.33. The second-order valence-corrected chi connectivity index (χ2v) is 10.6. The Morgan fingerprint density at radius 2 is 1.37 bits per heavy atom. The number of nitrogens with two attached hydrogens (primary N) is 2. The van der Waals surface area contributed by atoms with Gasteiger partial charge < -0.3 is 31.2 Å². The van der Waals surface area contributed by atoms with Crippen molar-refractivity contribution in [2.75, 3.05) is 13.1 Å². The molecular formula is C29H28ClN9O2. The monoisotopic (exact) mass is 569 g/mol. The van der Waals surface area contributed by atoms with Crippen molar-refractivity contribution < 1.29 is 9.59 Å². The Morgan fingerprint density at radius 1 is 0.878 bits per heavy atom. The highest BCUT2D eigenvalue weighted by Crippen LogP contribution is 2.41. The zero-order valence-corrected chi connectivity index (χ0v) is 23.3. The number of rotatable bonds is 5. The van der Waals surface area contributed by atoms with Gasteiger partial charge >= 0.3 is 0 Å². The van der Waals surface area contributed by atoms with E-state index < -0.39 is 17.9 Å². The summed E-state index contributed by atoms with van der Waals surface area (Å²) in [5, 5.41) is 17.8. The van der Waals surface area contributed by atoms with Gasteiger partial charge in [-0.3, -0.25) is 9.59 Å². The van der Waals surface area contributed by atoms with Crippen molar-refractivity contribution in [3.63, 3.8) is 0 Å². The Labute approximate surface area is 241 Å². The van der Waals surface area contributed by atoms with E-state index in [9.17, 15) is 14.9 Å². The molecule has 2 unspecified atom stereocenters. The fraction of sp³-hybridized carbons (Fsp3) is 0.276. The van der Waals surface area contributed by atoms with Gasteiger partial charge in [0.2, 0.25) is 0 Å². The van der Waals surface area contributed by atoms with Crippen molar-refractivity contribution in [1.29, 1.82) is 5.26 Å². The highest BCUT2D eigenvalue weighted by atomic mass is 35.5. The number of hydrogen-bond donors (Lipinski definition) is 4. The quantitative estimate of drug-likeness (QED) is 0.285. The summed E-state index contributed by atoms with van der Waals surface area (Å²) in [5.41, 5.74) is 17.7. The van der Waals surface area contributed by atoms with Crippen LogP contribution in [0.2, 0.25) is 5.02 Å². The van der Waals surface area contributed by atoms with Crippen LogP contribution in [0.3, 0.4) is 0 Å². The van der Waals surface area contributed by atoms with Gasteiger partial charge in [0.25, 0.3) is 11.8 Å². The van der Waals surface area contributed by atoms with Crippen LogP contribution in [0.1, 0.15) is 72.8 Å². The highest BCUT2D eigenvalue weighted by molar-refractivity contribution is 6.34. The molecule has 6 N–H and O–H groups in total. The van der Waals surface area contributed by atoms with Crippen molar-refractivity contribution in [2.24, 2.45) is 25.6 Å². The van der Waals surface area contributed by atoms with E-state index in [0.29, 0.717) is 59.0 Å². The van der Waals surface area contributed by atoms with Crippen LogP contribution in [0.4, 0.5) is 0 Å². The second-order valence-electron chi connectivity index (χ2n) is 10.2. The molecule has 6 rings (SSSR count). The third kappa shape index (κ3) is 4.19. The van der Waals surface area contributed by atoms with Gasteiger partial charge in [0.1, 0.15) is 6.07 Å². The van der Waals surface area contributed by atoms with E-state index in [4.69, 9.17) is 23.1 Å². The molecule has 0 saturated heterocycles. The molecule has 2 aromatic carbocycles. The number of halogens is 1. The second kappa shape index (κ2) is 10.2. The smallest absolute Gasteiger partial charge is 0.284 e. The normalized spacial score (nSPS) is 17.9. The van der Waals surface area contributed by atoms with E-state index in [1.165, 1.54) is 0 Å². The van der Waals surface area contributed by atoms with Gasteiger partial charge in [0.05, 0.1) is 34.1 Å². The lowest BCUT2D eigenvalue weighted by atomic mass is 9.88. The number of fused-ring (bicyclic) bond motifs is 2. The molecule has 0 saturated carbocycles. The number of amides is 2. The molecule has 2 amide bonds. The molecule has 2 atom stereocenters. The van der Waals surface area contributed by atoms with Crippen LogP contribution in [-0.4, -0.2) is 44.0 Å². The first-order chi connectivity index (χ1) is 19.7. The molecule has 11 nitrogen and oxygen atoms in total. The summed E-state index contributed by atoms with van der Waals surface area (Å²) < 4.78 is 3.47. The molecule has 4 heterocycles. The number of nitriles is 1. The molecule has 0 radical (unpaired) electrons. The fourth-order valence-corrected chi connectivity index (χ4v) is 6.46. The van der Waals surface area contributed by atoms with E-state index >= 15 is 0 Å². The SMILES string of the molecule is Cn1c(C(N)=O)nc2c1CCNC2c1cccc(-c2cccc(C3NCCc4c3nc(C(N)=O)n4C)c2C#N)c1Cl. The van der Waals surface area contributed by atoms with E-state index in [0.717, 1.165) is 22.5 Å². The van der Waals surface area contributed by atoms with E-state index in [-0.39, 0.29) is 17.7 Å². The van der Waals surface area contributed by atoms with Crippen LogP contribution in [0.15, 0.2) is 36.4 Å². The van der Waals surface area contributed by atoms with Crippen LogP contribution in [-0.2, 0) is 26.9 Å². The Hall–Kier alpha value is -4.50. The maximum absolute atomic E-state index is 12.0. The Bertz CT molecular complexity index is 1780. The molecule has 12 heteroatoms. The number of imidazole rings is 2. The van der Waals surface area contributed by atoms with Gasteiger partial charge in [0, 0.05) is 62.5 Å². The standard InChI is InChI=1S/C29H28ClN9O2/c1-38-19-9-11-34-22(24(19)36-28(38)26(32)40)16-7-3-5-14(18(16)13-31)15-6-4-8-17(21(15)30)23-25-20(10-12-35-23)39(2)29(37-25)27(33)41/h3-8,22-23,34-35H,9-12H2,1-2H3,(H2,32,40)(H2,33,41). The van der Waals surface area contributed by atoms with Crippen molar-refractivity contribution in [3.05, 3.63) is 92.5 Å². The maximum Gasteiger partial charge on any atom is 0.284 e. The third-order valence-electron chi connectivity index (χ3n) is 8.05. The number of hydrogen-bond acceptors (Lipinski definition) is 7. The number of nitrogens with zero attached hydrogens (tertiary/aromatic N) is 5. The van der Waals surface area contributed by atoms with Gasteiger partial charge in [-0.15, -0.1) is 0 Å². The fourth-order valence-electron chi connectivity index (χ4n) is 6.12. The minimum absolute atomic E-state index is 0.183. The Morgan fingerprint density at radius 3 is 1.88 bits per heavy atom. The van der Waals surface area contributed by atoms with Crippen LogP contribution in [0.5, 0.6) is 0 Å².